The van der Waals surface area contributed by atoms with Gasteiger partial charge in [-0.3, -0.25) is 0 Å². The molecule has 0 aromatic heterocycles. The smallest absolute Gasteiger partial charge is 0.161 e. The van der Waals surface area contributed by atoms with E-state index in [4.69, 9.17) is 15.9 Å². The molecule has 2 aliphatic rings. The summed E-state index contributed by atoms with van der Waals surface area (Å²) in [6.07, 6.45) is 14.3. The van der Waals surface area contributed by atoms with Gasteiger partial charge in [0.1, 0.15) is 0 Å². The quantitative estimate of drug-likeness (QED) is 0.768. The van der Waals surface area contributed by atoms with Crippen molar-refractivity contribution in [3.8, 4) is 23.8 Å². The molecule has 0 N–H and O–H groups in total. The number of rotatable bonds is 4. The molecular weight excluding hydrogens is 248 g/mol. The van der Waals surface area contributed by atoms with Gasteiger partial charge in [0.25, 0.3) is 0 Å². The standard InChI is InChI=1S/C18H22O2/c1-3-18(11-6-12-18)14-9-10-16(19-2)17(13-14)20-15-7-4-5-8-15/h1,9-10,13,15H,4-8,11-12H2,2H3. The van der Waals surface area contributed by atoms with E-state index in [-0.39, 0.29) is 5.41 Å². The molecule has 106 valence electrons. The summed E-state index contributed by atoms with van der Waals surface area (Å²) in [5, 5.41) is 0. The molecule has 0 bridgehead atoms. The number of hydrogen-bond acceptors (Lipinski definition) is 2. The van der Waals surface area contributed by atoms with Gasteiger partial charge >= 0.3 is 0 Å². The molecule has 3 rings (SSSR count). The van der Waals surface area contributed by atoms with E-state index >= 15 is 0 Å². The fourth-order valence-electron chi connectivity index (χ4n) is 3.30. The van der Waals surface area contributed by atoms with Crippen LogP contribution in [0.3, 0.4) is 0 Å². The second-order valence-electron chi connectivity index (χ2n) is 5.97. The van der Waals surface area contributed by atoms with Crippen molar-refractivity contribution in [2.75, 3.05) is 7.11 Å². The summed E-state index contributed by atoms with van der Waals surface area (Å²) in [5.74, 6) is 4.66. The van der Waals surface area contributed by atoms with E-state index in [1.54, 1.807) is 7.11 Å². The van der Waals surface area contributed by atoms with Gasteiger partial charge in [-0.2, -0.15) is 0 Å². The number of terminal acetylenes is 1. The summed E-state index contributed by atoms with van der Waals surface area (Å²) >= 11 is 0. The maximum absolute atomic E-state index is 6.15. The number of benzene rings is 1. The van der Waals surface area contributed by atoms with Gasteiger partial charge in [0.05, 0.1) is 18.6 Å². The van der Waals surface area contributed by atoms with Gasteiger partial charge in [0.15, 0.2) is 11.5 Å². The Labute approximate surface area is 121 Å². The molecular formula is C18H22O2. The van der Waals surface area contributed by atoms with Crippen LogP contribution < -0.4 is 9.47 Å². The van der Waals surface area contributed by atoms with Crippen molar-refractivity contribution in [2.45, 2.75) is 56.5 Å². The second-order valence-corrected chi connectivity index (χ2v) is 5.97. The Bertz CT molecular complexity index is 517. The summed E-state index contributed by atoms with van der Waals surface area (Å²) in [7, 11) is 1.69. The molecule has 2 aliphatic carbocycles. The highest BCUT2D eigenvalue weighted by atomic mass is 16.5. The Balaban J connectivity index is 1.88. The van der Waals surface area contributed by atoms with Crippen LogP contribution in [0.4, 0.5) is 0 Å². The Morgan fingerprint density at radius 2 is 1.90 bits per heavy atom. The van der Waals surface area contributed by atoms with E-state index in [9.17, 15) is 0 Å². The molecule has 0 heterocycles. The lowest BCUT2D eigenvalue weighted by molar-refractivity contribution is 0.200. The van der Waals surface area contributed by atoms with Crippen molar-refractivity contribution in [2.24, 2.45) is 0 Å². The average molecular weight is 270 g/mol. The molecule has 2 nitrogen and oxygen atoms in total. The van der Waals surface area contributed by atoms with E-state index in [2.05, 4.69) is 18.1 Å². The summed E-state index contributed by atoms with van der Waals surface area (Å²) < 4.78 is 11.6. The Morgan fingerprint density at radius 3 is 2.45 bits per heavy atom. The lowest BCUT2D eigenvalue weighted by Crippen LogP contribution is -2.32. The molecule has 0 saturated heterocycles. The minimum absolute atomic E-state index is 0.0694. The third-order valence-electron chi connectivity index (χ3n) is 4.80. The van der Waals surface area contributed by atoms with E-state index in [1.165, 1.54) is 24.8 Å². The monoisotopic (exact) mass is 270 g/mol. The number of ether oxygens (including phenoxy) is 2. The van der Waals surface area contributed by atoms with Crippen LogP contribution in [0.2, 0.25) is 0 Å². The van der Waals surface area contributed by atoms with Crippen molar-refractivity contribution in [3.05, 3.63) is 23.8 Å². The number of hydrogen-bond donors (Lipinski definition) is 0. The summed E-state index contributed by atoms with van der Waals surface area (Å²) in [6.45, 7) is 0. The zero-order valence-electron chi connectivity index (χ0n) is 12.2. The zero-order chi connectivity index (χ0) is 14.0. The molecule has 1 aromatic rings. The largest absolute Gasteiger partial charge is 0.493 e. The Hall–Kier alpha value is -1.62. The first-order valence-electron chi connectivity index (χ1n) is 7.60. The molecule has 0 unspecified atom stereocenters. The van der Waals surface area contributed by atoms with E-state index < -0.39 is 0 Å². The highest BCUT2D eigenvalue weighted by molar-refractivity contribution is 5.48. The first-order valence-corrected chi connectivity index (χ1v) is 7.60. The Kier molecular flexibility index (Phi) is 3.61. The minimum atomic E-state index is -0.0694. The van der Waals surface area contributed by atoms with Crippen LogP contribution in [-0.4, -0.2) is 13.2 Å². The van der Waals surface area contributed by atoms with Crippen molar-refractivity contribution < 1.29 is 9.47 Å². The van der Waals surface area contributed by atoms with E-state index in [0.29, 0.717) is 6.10 Å². The van der Waals surface area contributed by atoms with Crippen LogP contribution in [0.25, 0.3) is 0 Å². The highest BCUT2D eigenvalue weighted by Crippen LogP contribution is 2.45. The lowest BCUT2D eigenvalue weighted by atomic mass is 9.65. The summed E-state index contributed by atoms with van der Waals surface area (Å²) in [5.41, 5.74) is 1.14. The summed E-state index contributed by atoms with van der Waals surface area (Å²) in [4.78, 5) is 0. The second kappa shape index (κ2) is 5.40. The molecule has 2 fully saturated rings. The topological polar surface area (TPSA) is 18.5 Å². The normalized spacial score (nSPS) is 21.0. The highest BCUT2D eigenvalue weighted by Gasteiger charge is 2.37. The third kappa shape index (κ3) is 2.26. The van der Waals surface area contributed by atoms with Gasteiger partial charge in [-0.05, 0) is 62.6 Å². The van der Waals surface area contributed by atoms with Crippen molar-refractivity contribution in [1.82, 2.24) is 0 Å². The van der Waals surface area contributed by atoms with Crippen LogP contribution in [-0.2, 0) is 5.41 Å². The molecule has 1 aromatic carbocycles. The first kappa shape index (κ1) is 13.4. The molecule has 20 heavy (non-hydrogen) atoms. The third-order valence-corrected chi connectivity index (χ3v) is 4.80. The van der Waals surface area contributed by atoms with Crippen molar-refractivity contribution >= 4 is 0 Å². The van der Waals surface area contributed by atoms with E-state index in [1.807, 2.05) is 6.07 Å². The maximum atomic E-state index is 6.15. The number of methoxy groups -OCH3 is 1. The maximum Gasteiger partial charge on any atom is 0.161 e. The van der Waals surface area contributed by atoms with Crippen LogP contribution in [0.5, 0.6) is 11.5 Å². The summed E-state index contributed by atoms with van der Waals surface area (Å²) in [6, 6.07) is 6.20. The van der Waals surface area contributed by atoms with Gasteiger partial charge < -0.3 is 9.47 Å². The Morgan fingerprint density at radius 1 is 1.15 bits per heavy atom. The zero-order valence-corrected chi connectivity index (χ0v) is 12.2. The van der Waals surface area contributed by atoms with Crippen molar-refractivity contribution in [3.63, 3.8) is 0 Å². The van der Waals surface area contributed by atoms with Crippen LogP contribution in [0.1, 0.15) is 50.5 Å². The molecule has 0 radical (unpaired) electrons. The van der Waals surface area contributed by atoms with Crippen LogP contribution >= 0.6 is 0 Å². The van der Waals surface area contributed by atoms with Gasteiger partial charge in [-0.1, -0.05) is 12.0 Å². The predicted octanol–water partition coefficient (Wildman–Crippen LogP) is 4.07. The van der Waals surface area contributed by atoms with E-state index in [0.717, 1.165) is 37.2 Å². The molecule has 0 aliphatic heterocycles. The van der Waals surface area contributed by atoms with Crippen LogP contribution in [0, 0.1) is 12.3 Å². The van der Waals surface area contributed by atoms with Gasteiger partial charge in [-0.15, -0.1) is 6.42 Å². The lowest BCUT2D eigenvalue weighted by Gasteiger charge is -2.38. The molecule has 0 amide bonds. The first-order chi connectivity index (χ1) is 9.77. The van der Waals surface area contributed by atoms with Gasteiger partial charge in [0, 0.05) is 0 Å². The molecule has 0 atom stereocenters. The van der Waals surface area contributed by atoms with Gasteiger partial charge in [-0.25, -0.2) is 0 Å². The average Bonchev–Trinajstić information content (AvgIpc) is 2.91. The van der Waals surface area contributed by atoms with Crippen LogP contribution in [0.15, 0.2) is 18.2 Å². The molecule has 0 spiro atoms. The molecule has 2 saturated carbocycles. The SMILES string of the molecule is C#CC1(c2ccc(OC)c(OC3CCCC3)c2)CCC1. The minimum Gasteiger partial charge on any atom is -0.493 e. The fraction of sp³-hybridized carbons (Fsp3) is 0.556. The van der Waals surface area contributed by atoms with Crippen molar-refractivity contribution in [1.29, 1.82) is 0 Å². The molecule has 2 heteroatoms. The fourth-order valence-corrected chi connectivity index (χ4v) is 3.30. The van der Waals surface area contributed by atoms with Gasteiger partial charge in [0.2, 0.25) is 0 Å². The predicted molar refractivity (Wildman–Crippen MR) is 80.2 cm³/mol.